The highest BCUT2D eigenvalue weighted by Crippen LogP contribution is 2.40. The number of carbonyl (C=O) groups is 1. The Labute approximate surface area is 205 Å². The minimum Gasteiger partial charge on any atom is -0.492 e. The zero-order valence-electron chi connectivity index (χ0n) is 17.8. The number of carboxylic acids is 1. The van der Waals surface area contributed by atoms with E-state index in [-0.39, 0.29) is 36.0 Å². The number of nitrogens with zero attached hydrogens (tertiary/aromatic N) is 4. The van der Waals surface area contributed by atoms with Gasteiger partial charge in [0.2, 0.25) is 5.88 Å². The summed E-state index contributed by atoms with van der Waals surface area (Å²) in [4.78, 5) is 17.3. The third kappa shape index (κ3) is 4.48. The summed E-state index contributed by atoms with van der Waals surface area (Å²) in [5.74, 6) is -1.78. The largest absolute Gasteiger partial charge is 0.492 e. The molecule has 1 fully saturated rings. The maximum Gasteiger partial charge on any atom is 0.416 e. The molecule has 35 heavy (non-hydrogen) atoms. The van der Waals surface area contributed by atoms with Crippen LogP contribution in [-0.4, -0.2) is 40.5 Å². The van der Waals surface area contributed by atoms with Crippen LogP contribution in [-0.2, 0) is 17.4 Å². The summed E-state index contributed by atoms with van der Waals surface area (Å²) in [5.41, 5.74) is 0.248. The minimum atomic E-state index is -4.63. The Morgan fingerprint density at radius 1 is 1.20 bits per heavy atom. The van der Waals surface area contributed by atoms with Crippen LogP contribution >= 0.6 is 22.9 Å². The van der Waals surface area contributed by atoms with Crippen molar-refractivity contribution < 1.29 is 28.2 Å². The molecule has 12 heteroatoms. The molecule has 1 saturated heterocycles. The molecule has 0 radical (unpaired) electrons. The van der Waals surface area contributed by atoms with Crippen molar-refractivity contribution in [3.05, 3.63) is 73.6 Å². The van der Waals surface area contributed by atoms with Crippen molar-refractivity contribution in [2.45, 2.75) is 12.6 Å². The van der Waals surface area contributed by atoms with Gasteiger partial charge in [0.1, 0.15) is 0 Å². The van der Waals surface area contributed by atoms with E-state index < -0.39 is 23.6 Å². The van der Waals surface area contributed by atoms with Crippen molar-refractivity contribution >= 4 is 45.8 Å². The van der Waals surface area contributed by atoms with Crippen LogP contribution in [0.25, 0.3) is 5.57 Å². The smallest absolute Gasteiger partial charge is 0.416 e. The molecular weight excluding hydrogens is 505 g/mol. The fourth-order valence-electron chi connectivity index (χ4n) is 3.98. The third-order valence-electron chi connectivity index (χ3n) is 5.86. The fourth-order valence-corrected chi connectivity index (χ4v) is 5.20. The minimum absolute atomic E-state index is 0.0139. The first-order chi connectivity index (χ1) is 16.6. The van der Waals surface area contributed by atoms with Crippen molar-refractivity contribution in [2.75, 3.05) is 18.0 Å². The molecule has 7 nitrogen and oxygen atoms in total. The summed E-state index contributed by atoms with van der Waals surface area (Å²) in [7, 11) is 0. The average molecular weight is 521 g/mol. The molecule has 0 atom stereocenters. The van der Waals surface area contributed by atoms with E-state index >= 15 is 0 Å². The molecule has 0 saturated carbocycles. The summed E-state index contributed by atoms with van der Waals surface area (Å²) in [6.07, 6.45) is -3.24. The predicted molar refractivity (Wildman–Crippen MR) is 125 cm³/mol. The van der Waals surface area contributed by atoms with E-state index in [0.29, 0.717) is 31.7 Å². The highest BCUT2D eigenvalue weighted by Gasteiger charge is 2.36. The highest BCUT2D eigenvalue weighted by atomic mass is 35.5. The zero-order valence-corrected chi connectivity index (χ0v) is 19.3. The number of aromatic nitrogens is 1. The fraction of sp³-hybridized carbons (Fsp3) is 0.217. The van der Waals surface area contributed by atoms with Crippen molar-refractivity contribution in [1.82, 2.24) is 4.98 Å². The van der Waals surface area contributed by atoms with Crippen LogP contribution in [0.3, 0.4) is 0 Å². The lowest BCUT2D eigenvalue weighted by molar-refractivity contribution is -0.142. The van der Waals surface area contributed by atoms with Gasteiger partial charge in [0.15, 0.2) is 5.13 Å². The molecule has 0 unspecified atom stereocenters. The number of carboxylic acid groups (broad SMARTS) is 1. The Morgan fingerprint density at radius 2 is 1.97 bits per heavy atom. The van der Waals surface area contributed by atoms with E-state index in [2.05, 4.69) is 15.2 Å². The molecule has 3 heterocycles. The van der Waals surface area contributed by atoms with Crippen LogP contribution in [0, 0.1) is 5.92 Å². The van der Waals surface area contributed by atoms with Gasteiger partial charge in [0, 0.05) is 30.1 Å². The lowest BCUT2D eigenvalue weighted by Gasteiger charge is -2.36. The molecular formula is C23H16ClF3N4O3S. The SMILES string of the molecule is O=C(O)C1CN(c2nc(O)c(C(Cc3ccc(Cl)cc3C(F)(F)F)=c3ccc4c(c3)C=NN=4)s2)C1. The molecule has 2 aromatic carbocycles. The summed E-state index contributed by atoms with van der Waals surface area (Å²) in [6.45, 7) is 0.479. The van der Waals surface area contributed by atoms with Gasteiger partial charge >= 0.3 is 12.1 Å². The maximum absolute atomic E-state index is 13.8. The molecule has 3 aromatic rings. The lowest BCUT2D eigenvalue weighted by Crippen LogP contribution is -2.50. The number of hydrogen-bond donors (Lipinski definition) is 2. The van der Waals surface area contributed by atoms with Gasteiger partial charge in [-0.25, -0.2) is 0 Å². The molecule has 2 aliphatic rings. The number of rotatable bonds is 5. The second-order valence-corrected chi connectivity index (χ2v) is 9.58. The number of aliphatic carboxylic acids is 1. The standard InChI is InChI=1S/C23H16ClF3N4O3S/c24-15-3-1-12(17(7-15)23(25,26)27)6-16(11-2-4-18-13(5-11)8-28-30-18)19-20(32)29-22(35-19)31-9-14(10-31)21(33)34/h1-5,7-8,14,32H,6,9-10H2,(H,33,34). The van der Waals surface area contributed by atoms with Gasteiger partial charge in [-0.2, -0.15) is 28.4 Å². The van der Waals surface area contributed by atoms with Crippen molar-refractivity contribution in [2.24, 2.45) is 16.1 Å². The van der Waals surface area contributed by atoms with Crippen molar-refractivity contribution in [3.8, 4) is 5.88 Å². The van der Waals surface area contributed by atoms with Gasteiger partial charge in [-0.05, 0) is 40.6 Å². The van der Waals surface area contributed by atoms with E-state index in [4.69, 9.17) is 16.7 Å². The quantitative estimate of drug-likeness (QED) is 0.537. The van der Waals surface area contributed by atoms with Gasteiger partial charge in [0.25, 0.3) is 0 Å². The average Bonchev–Trinajstić information content (AvgIpc) is 3.37. The number of halogens is 4. The molecule has 0 spiro atoms. The number of alkyl halides is 3. The van der Waals surface area contributed by atoms with Crippen molar-refractivity contribution in [3.63, 3.8) is 0 Å². The molecule has 0 aliphatic carbocycles. The Hall–Kier alpha value is -3.44. The van der Waals surface area contributed by atoms with Gasteiger partial charge in [-0.1, -0.05) is 35.1 Å². The van der Waals surface area contributed by atoms with E-state index in [1.165, 1.54) is 12.1 Å². The summed E-state index contributed by atoms with van der Waals surface area (Å²) >= 11 is 6.95. The van der Waals surface area contributed by atoms with E-state index in [1.807, 2.05) is 0 Å². The summed E-state index contributed by atoms with van der Waals surface area (Å²) in [5, 5.41) is 29.2. The summed E-state index contributed by atoms with van der Waals surface area (Å²) in [6, 6.07) is 8.75. The van der Waals surface area contributed by atoms with E-state index in [1.54, 1.807) is 29.3 Å². The van der Waals surface area contributed by atoms with Crippen LogP contribution in [0.15, 0.2) is 46.6 Å². The number of hydrogen-bond acceptors (Lipinski definition) is 7. The van der Waals surface area contributed by atoms with Crippen LogP contribution < -0.4 is 15.5 Å². The molecule has 0 amide bonds. The maximum atomic E-state index is 13.8. The van der Waals surface area contributed by atoms with Crippen LogP contribution in [0.5, 0.6) is 5.88 Å². The number of fused-ring (bicyclic) bond motifs is 1. The third-order valence-corrected chi connectivity index (χ3v) is 7.26. The van der Waals surface area contributed by atoms with Crippen LogP contribution in [0.4, 0.5) is 18.3 Å². The number of aromatic hydroxyl groups is 1. The number of benzene rings is 2. The van der Waals surface area contributed by atoms with Crippen molar-refractivity contribution in [1.29, 1.82) is 0 Å². The number of thiazole rings is 1. The second kappa shape index (κ2) is 8.65. The van der Waals surface area contributed by atoms with Crippen LogP contribution in [0.2, 0.25) is 5.02 Å². The normalized spacial score (nSPS) is 16.1. The topological polar surface area (TPSA) is 98.4 Å². The Balaban J connectivity index is 1.63. The monoisotopic (exact) mass is 520 g/mol. The Bertz CT molecular complexity index is 1500. The first kappa shape index (κ1) is 23.3. The van der Waals surface area contributed by atoms with Gasteiger partial charge in [0.05, 0.1) is 27.9 Å². The molecule has 5 rings (SSSR count). The lowest BCUT2D eigenvalue weighted by atomic mass is 9.96. The van der Waals surface area contributed by atoms with Gasteiger partial charge < -0.3 is 15.1 Å². The molecule has 2 aliphatic heterocycles. The zero-order chi connectivity index (χ0) is 24.9. The Kier molecular flexibility index (Phi) is 5.76. The molecule has 180 valence electrons. The molecule has 2 N–H and O–H groups in total. The Morgan fingerprint density at radius 3 is 2.69 bits per heavy atom. The van der Waals surface area contributed by atoms with Crippen LogP contribution in [0.1, 0.15) is 21.6 Å². The van der Waals surface area contributed by atoms with Gasteiger partial charge in [-0.15, -0.1) is 0 Å². The van der Waals surface area contributed by atoms with Gasteiger partial charge in [-0.3, -0.25) is 4.79 Å². The second-order valence-electron chi connectivity index (χ2n) is 8.16. The predicted octanol–water partition coefficient (Wildman–Crippen LogP) is 3.45. The first-order valence-corrected chi connectivity index (χ1v) is 11.6. The summed E-state index contributed by atoms with van der Waals surface area (Å²) < 4.78 is 41.4. The molecule has 1 aromatic heterocycles. The molecule has 0 bridgehead atoms. The number of anilines is 1. The first-order valence-electron chi connectivity index (χ1n) is 10.4. The highest BCUT2D eigenvalue weighted by molar-refractivity contribution is 7.17. The van der Waals surface area contributed by atoms with E-state index in [0.717, 1.165) is 17.4 Å². The van der Waals surface area contributed by atoms with E-state index in [9.17, 15) is 23.1 Å².